The van der Waals surface area contributed by atoms with Crippen molar-refractivity contribution in [2.24, 2.45) is 5.92 Å². The first-order valence-corrected chi connectivity index (χ1v) is 14.4. The van der Waals surface area contributed by atoms with E-state index >= 15 is 0 Å². The molecule has 3 atom stereocenters. The Morgan fingerprint density at radius 2 is 2.05 bits per heavy atom. The summed E-state index contributed by atoms with van der Waals surface area (Å²) in [6.07, 6.45) is 15.5. The maximum absolute atomic E-state index is 13.3. The average molecular weight is 573 g/mol. The first kappa shape index (κ1) is 32.6. The molecule has 2 heterocycles. The summed E-state index contributed by atoms with van der Waals surface area (Å²) in [5.74, 6) is -0.736. The smallest absolute Gasteiger partial charge is 0.247 e. The van der Waals surface area contributed by atoms with E-state index in [9.17, 15) is 24.2 Å². The molecule has 0 bridgehead atoms. The lowest BCUT2D eigenvalue weighted by Gasteiger charge is -2.32. The molecule has 226 valence electrons. The summed E-state index contributed by atoms with van der Waals surface area (Å²) >= 11 is 0. The second-order valence-electron chi connectivity index (χ2n) is 11.0. The highest BCUT2D eigenvalue weighted by molar-refractivity contribution is 5.87. The van der Waals surface area contributed by atoms with Crippen LogP contribution in [-0.2, 0) is 14.3 Å². The van der Waals surface area contributed by atoms with Gasteiger partial charge >= 0.3 is 0 Å². The largest absolute Gasteiger partial charge is 0.506 e. The summed E-state index contributed by atoms with van der Waals surface area (Å²) in [4.78, 5) is 26.1. The number of alkyl halides is 1. The number of carbonyl (C=O) groups is 2. The quantitative estimate of drug-likeness (QED) is 0.160. The van der Waals surface area contributed by atoms with Crippen LogP contribution in [0.1, 0.15) is 44.9 Å². The van der Waals surface area contributed by atoms with Crippen LogP contribution in [0.4, 0.5) is 4.39 Å². The van der Waals surface area contributed by atoms with Gasteiger partial charge in [-0.05, 0) is 61.8 Å². The van der Waals surface area contributed by atoms with Crippen LogP contribution in [-0.4, -0.2) is 90.1 Å². The van der Waals surface area contributed by atoms with Crippen molar-refractivity contribution in [3.8, 4) is 0 Å². The number of aldehydes is 1. The normalized spacial score (nSPS) is 29.2. The highest BCUT2D eigenvalue weighted by Gasteiger charge is 2.31. The molecule has 9 nitrogen and oxygen atoms in total. The van der Waals surface area contributed by atoms with Gasteiger partial charge in [-0.3, -0.25) is 9.69 Å². The second-order valence-corrected chi connectivity index (χ2v) is 11.0. The fourth-order valence-corrected chi connectivity index (χ4v) is 5.41. The van der Waals surface area contributed by atoms with Crippen molar-refractivity contribution >= 4 is 12.2 Å². The van der Waals surface area contributed by atoms with Crippen LogP contribution in [0.5, 0.6) is 0 Å². The minimum atomic E-state index is -0.905. The number of aliphatic hydroxyl groups excluding tert-OH is 2. The summed E-state index contributed by atoms with van der Waals surface area (Å²) in [6.45, 7) is 8.79. The molecule has 1 amide bonds. The van der Waals surface area contributed by atoms with E-state index in [1.165, 1.54) is 6.08 Å². The minimum absolute atomic E-state index is 0.0661. The molecule has 1 saturated carbocycles. The number of likely N-dealkylation sites (tertiary alicyclic amines) is 1. The van der Waals surface area contributed by atoms with E-state index in [2.05, 4.69) is 23.9 Å². The van der Waals surface area contributed by atoms with Crippen molar-refractivity contribution in [2.75, 3.05) is 33.4 Å². The Hall–Kier alpha value is -2.89. The van der Waals surface area contributed by atoms with Crippen molar-refractivity contribution in [1.29, 1.82) is 0 Å². The van der Waals surface area contributed by atoms with Crippen molar-refractivity contribution in [3.63, 3.8) is 0 Å². The summed E-state index contributed by atoms with van der Waals surface area (Å²) < 4.78 is 19.5. The lowest BCUT2D eigenvalue weighted by molar-refractivity contribution is -0.122. The number of carbonyl (C=O) groups excluding carboxylic acids is 2. The Bertz CT molecular complexity index is 1050. The maximum Gasteiger partial charge on any atom is 0.247 e. The van der Waals surface area contributed by atoms with Crippen molar-refractivity contribution in [3.05, 3.63) is 72.2 Å². The van der Waals surface area contributed by atoms with Crippen molar-refractivity contribution in [1.82, 2.24) is 20.7 Å². The second kappa shape index (κ2) is 16.5. The molecule has 3 rings (SSSR count). The number of amides is 1. The number of rotatable bonds is 12. The van der Waals surface area contributed by atoms with Gasteiger partial charge in [0.05, 0.1) is 18.4 Å². The molecule has 41 heavy (non-hydrogen) atoms. The molecule has 0 spiro atoms. The standard InChI is InChI=1S/C31H45FN4O5/c1-22(19-29(39)36-17-7-9-25(36)21-41-26-12-10-24(20-37)11-13-26)18-28(38)27(14-15-32)33-31(40)30-23(2)8-5-4-6-16-35(3)34-30/h4-6,8,14,18,20,24-26,29-30,34,38-39H,1-2,7,9-13,15-17,19,21H2,3H3,(H,33,40)/b6-4-,8-5-,27-14+,28-18+. The van der Waals surface area contributed by atoms with Crippen LogP contribution in [0, 0.1) is 5.92 Å². The number of ether oxygens (including phenoxy) is 1. The summed E-state index contributed by atoms with van der Waals surface area (Å²) in [5, 5.41) is 26.0. The van der Waals surface area contributed by atoms with Crippen LogP contribution in [0.15, 0.2) is 72.2 Å². The van der Waals surface area contributed by atoms with Crippen LogP contribution >= 0.6 is 0 Å². The van der Waals surface area contributed by atoms with Crippen LogP contribution in [0.3, 0.4) is 0 Å². The average Bonchev–Trinajstić information content (AvgIpc) is 3.45. The number of hydrogen-bond donors (Lipinski definition) is 4. The first-order valence-electron chi connectivity index (χ1n) is 14.4. The molecule has 0 aromatic carbocycles. The van der Waals surface area contributed by atoms with Gasteiger partial charge in [-0.15, -0.1) is 0 Å². The van der Waals surface area contributed by atoms with E-state index in [-0.39, 0.29) is 35.9 Å². The minimum Gasteiger partial charge on any atom is -0.506 e. The molecule has 0 radical (unpaired) electrons. The lowest BCUT2D eigenvalue weighted by atomic mass is 9.88. The molecule has 2 aliphatic heterocycles. The predicted molar refractivity (Wildman–Crippen MR) is 157 cm³/mol. The number of hydrogen-bond acceptors (Lipinski definition) is 8. The Labute approximate surface area is 242 Å². The fourth-order valence-electron chi connectivity index (χ4n) is 5.41. The Morgan fingerprint density at radius 1 is 1.29 bits per heavy atom. The van der Waals surface area contributed by atoms with Gasteiger partial charge in [0.25, 0.3) is 0 Å². The highest BCUT2D eigenvalue weighted by Crippen LogP contribution is 2.27. The summed E-state index contributed by atoms with van der Waals surface area (Å²) in [5.41, 5.74) is 3.87. The topological polar surface area (TPSA) is 114 Å². The molecular weight excluding hydrogens is 527 g/mol. The molecule has 1 saturated heterocycles. The third-order valence-corrected chi connectivity index (χ3v) is 7.76. The number of hydrazine groups is 1. The molecule has 10 heteroatoms. The van der Waals surface area contributed by atoms with E-state index < -0.39 is 24.9 Å². The van der Waals surface area contributed by atoms with Gasteiger partial charge in [0.2, 0.25) is 5.91 Å². The fraction of sp³-hybridized carbons (Fsp3) is 0.548. The molecule has 3 aliphatic rings. The Balaban J connectivity index is 1.56. The molecule has 2 fully saturated rings. The number of likely N-dealkylation sites (N-methyl/N-ethyl adjacent to an activating group) is 1. The van der Waals surface area contributed by atoms with Gasteiger partial charge < -0.3 is 25.1 Å². The predicted octanol–water partition coefficient (Wildman–Crippen LogP) is 3.39. The van der Waals surface area contributed by atoms with E-state index in [0.717, 1.165) is 57.4 Å². The van der Waals surface area contributed by atoms with Gasteiger partial charge in [-0.2, -0.15) is 0 Å². The number of halogens is 1. The van der Waals surface area contributed by atoms with Crippen molar-refractivity contribution in [2.45, 2.75) is 69.4 Å². The van der Waals surface area contributed by atoms with Crippen LogP contribution < -0.4 is 10.7 Å². The maximum atomic E-state index is 13.3. The Kier molecular flexibility index (Phi) is 13.1. The first-order chi connectivity index (χ1) is 19.7. The zero-order valence-electron chi connectivity index (χ0n) is 24.0. The van der Waals surface area contributed by atoms with E-state index in [4.69, 9.17) is 4.74 Å². The third kappa shape index (κ3) is 10.2. The van der Waals surface area contributed by atoms with Gasteiger partial charge in [0.1, 0.15) is 31.0 Å². The summed E-state index contributed by atoms with van der Waals surface area (Å²) in [7, 11) is 1.78. The Morgan fingerprint density at radius 3 is 2.76 bits per heavy atom. The monoisotopic (exact) mass is 572 g/mol. The molecule has 4 N–H and O–H groups in total. The highest BCUT2D eigenvalue weighted by atomic mass is 19.1. The molecule has 0 aromatic rings. The third-order valence-electron chi connectivity index (χ3n) is 7.76. The van der Waals surface area contributed by atoms with E-state index in [0.29, 0.717) is 24.3 Å². The lowest BCUT2D eigenvalue weighted by Crippen LogP contribution is -2.51. The van der Waals surface area contributed by atoms with Gasteiger partial charge in [-0.1, -0.05) is 37.5 Å². The van der Waals surface area contributed by atoms with E-state index in [1.807, 2.05) is 17.1 Å². The number of allylic oxidation sites excluding steroid dienone is 4. The van der Waals surface area contributed by atoms with Crippen LogP contribution in [0.2, 0.25) is 0 Å². The SMILES string of the molecule is C=C(/C=C(O)\C(=C/CF)NC(=O)C1NN(C)C/C=C\C=C/C1=C)CC(O)N1CCCC1COC1CCC(C=O)CC1. The summed E-state index contributed by atoms with van der Waals surface area (Å²) in [6, 6.07) is -0.775. The number of nitrogens with zero attached hydrogens (tertiary/aromatic N) is 2. The van der Waals surface area contributed by atoms with E-state index in [1.54, 1.807) is 24.2 Å². The molecule has 0 aromatic heterocycles. The van der Waals surface area contributed by atoms with Gasteiger partial charge in [-0.25, -0.2) is 14.8 Å². The van der Waals surface area contributed by atoms with Gasteiger partial charge in [0.15, 0.2) is 0 Å². The van der Waals surface area contributed by atoms with Gasteiger partial charge in [0, 0.05) is 38.5 Å². The van der Waals surface area contributed by atoms with Crippen molar-refractivity contribution < 1.29 is 28.9 Å². The number of nitrogens with one attached hydrogen (secondary N) is 2. The zero-order chi connectivity index (χ0) is 29.8. The van der Waals surface area contributed by atoms with Crippen LogP contribution in [0.25, 0.3) is 0 Å². The number of aliphatic hydroxyl groups is 2. The zero-order valence-corrected chi connectivity index (χ0v) is 24.0. The molecule has 3 unspecified atom stereocenters. The molecule has 1 aliphatic carbocycles. The molecular formula is C31H45FN4O5.